The average molecular weight is 338 g/mol. The molecule has 1 aromatic carbocycles. The molecule has 1 unspecified atom stereocenters. The minimum atomic E-state index is -1.19. The van der Waals surface area contributed by atoms with Gasteiger partial charge in [0.05, 0.1) is 24.8 Å². The van der Waals surface area contributed by atoms with E-state index in [1.165, 1.54) is 13.2 Å². The van der Waals surface area contributed by atoms with Gasteiger partial charge in [-0.05, 0) is 23.3 Å². The minimum absolute atomic E-state index is 0.0432. The highest BCUT2D eigenvalue weighted by molar-refractivity contribution is 6.32. The number of ether oxygens (including phenoxy) is 1. The largest absolute Gasteiger partial charge is 0.495 e. The van der Waals surface area contributed by atoms with Crippen LogP contribution in [0.1, 0.15) is 17.2 Å². The molecule has 1 aromatic heterocycles. The Morgan fingerprint density at radius 2 is 2.22 bits per heavy atom. The molecule has 2 N–H and O–H groups in total. The molecular weight excluding hydrogens is 322 g/mol. The molecular formula is C15H16ClN3O4. The molecule has 1 atom stereocenters. The lowest BCUT2D eigenvalue weighted by molar-refractivity contribution is -0.141. The van der Waals surface area contributed by atoms with E-state index in [1.54, 1.807) is 36.3 Å². The number of amides is 1. The molecule has 0 spiro atoms. The Morgan fingerprint density at radius 1 is 1.48 bits per heavy atom. The lowest BCUT2D eigenvalue weighted by Crippen LogP contribution is -2.34. The monoisotopic (exact) mass is 337 g/mol. The van der Waals surface area contributed by atoms with Gasteiger partial charge in [-0.3, -0.25) is 9.48 Å². The predicted molar refractivity (Wildman–Crippen MR) is 83.4 cm³/mol. The summed E-state index contributed by atoms with van der Waals surface area (Å²) in [6, 6.07) is 3.38. The van der Waals surface area contributed by atoms with Crippen LogP contribution >= 0.6 is 11.6 Å². The number of carbonyl (C=O) groups excluding carboxylic acids is 1. The molecule has 7 nitrogen and oxygen atoms in total. The Morgan fingerprint density at radius 3 is 2.74 bits per heavy atom. The van der Waals surface area contributed by atoms with Crippen molar-refractivity contribution in [2.75, 3.05) is 7.11 Å². The van der Waals surface area contributed by atoms with Crippen LogP contribution in [0.5, 0.6) is 5.75 Å². The van der Waals surface area contributed by atoms with Crippen molar-refractivity contribution in [2.24, 2.45) is 7.05 Å². The summed E-state index contributed by atoms with van der Waals surface area (Å²) in [6.45, 7) is 0. The number of carboxylic acids is 1. The Balaban J connectivity index is 2.13. The SMILES string of the molecule is COc1ccc(C(NC(=O)Cc2cnn(C)c2)C(=O)O)cc1Cl. The highest BCUT2D eigenvalue weighted by Gasteiger charge is 2.23. The number of nitrogens with zero attached hydrogens (tertiary/aromatic N) is 2. The van der Waals surface area contributed by atoms with Crippen LogP contribution in [0, 0.1) is 0 Å². The van der Waals surface area contributed by atoms with Gasteiger partial charge in [0, 0.05) is 13.2 Å². The molecule has 0 saturated heterocycles. The summed E-state index contributed by atoms with van der Waals surface area (Å²) in [5, 5.41) is 16.1. The van der Waals surface area contributed by atoms with Crippen LogP contribution in [-0.2, 0) is 23.1 Å². The van der Waals surface area contributed by atoms with Gasteiger partial charge in [-0.15, -0.1) is 0 Å². The number of aryl methyl sites for hydroxylation is 1. The number of carbonyl (C=O) groups is 2. The van der Waals surface area contributed by atoms with Gasteiger partial charge < -0.3 is 15.2 Å². The number of benzene rings is 1. The normalized spacial score (nSPS) is 11.8. The summed E-state index contributed by atoms with van der Waals surface area (Å²) in [6.07, 6.45) is 3.29. The van der Waals surface area contributed by atoms with E-state index in [4.69, 9.17) is 16.3 Å². The highest BCUT2D eigenvalue weighted by Crippen LogP contribution is 2.27. The second-order valence-electron chi connectivity index (χ2n) is 4.93. The zero-order valence-electron chi connectivity index (χ0n) is 12.6. The number of methoxy groups -OCH3 is 1. The first-order chi connectivity index (χ1) is 10.9. The topological polar surface area (TPSA) is 93.5 Å². The minimum Gasteiger partial charge on any atom is -0.495 e. The molecule has 0 aliphatic carbocycles. The van der Waals surface area contributed by atoms with Crippen LogP contribution in [0.2, 0.25) is 5.02 Å². The van der Waals surface area contributed by atoms with Crippen LogP contribution < -0.4 is 10.1 Å². The molecule has 0 bridgehead atoms. The van der Waals surface area contributed by atoms with Crippen molar-refractivity contribution in [3.63, 3.8) is 0 Å². The van der Waals surface area contributed by atoms with Gasteiger partial charge in [-0.1, -0.05) is 17.7 Å². The van der Waals surface area contributed by atoms with Crippen molar-refractivity contribution in [1.82, 2.24) is 15.1 Å². The molecule has 0 aliphatic heterocycles. The molecule has 0 radical (unpaired) electrons. The maximum atomic E-state index is 12.0. The molecule has 2 aromatic rings. The molecule has 0 saturated carbocycles. The summed E-state index contributed by atoms with van der Waals surface area (Å²) < 4.78 is 6.60. The Labute approximate surface area is 137 Å². The average Bonchev–Trinajstić information content (AvgIpc) is 2.89. The second kappa shape index (κ2) is 7.15. The van der Waals surface area contributed by atoms with Crippen LogP contribution in [0.15, 0.2) is 30.6 Å². The van der Waals surface area contributed by atoms with Crippen molar-refractivity contribution in [2.45, 2.75) is 12.5 Å². The van der Waals surface area contributed by atoms with E-state index < -0.39 is 17.9 Å². The number of aliphatic carboxylic acids is 1. The lowest BCUT2D eigenvalue weighted by Gasteiger charge is -2.16. The maximum Gasteiger partial charge on any atom is 0.330 e. The zero-order valence-corrected chi connectivity index (χ0v) is 13.4. The Hall–Kier alpha value is -2.54. The summed E-state index contributed by atoms with van der Waals surface area (Å²) in [4.78, 5) is 23.5. The first kappa shape index (κ1) is 16.8. The fourth-order valence-corrected chi connectivity index (χ4v) is 2.38. The van der Waals surface area contributed by atoms with Crippen LogP contribution in [0.3, 0.4) is 0 Å². The molecule has 0 fully saturated rings. The van der Waals surface area contributed by atoms with Crippen molar-refractivity contribution in [3.8, 4) is 5.75 Å². The summed E-state index contributed by atoms with van der Waals surface area (Å²) in [5.41, 5.74) is 1.06. The van der Waals surface area contributed by atoms with Crippen molar-refractivity contribution >= 4 is 23.5 Å². The van der Waals surface area contributed by atoms with E-state index in [0.29, 0.717) is 16.9 Å². The predicted octanol–water partition coefficient (Wildman–Crippen LogP) is 1.57. The maximum absolute atomic E-state index is 12.0. The molecule has 1 heterocycles. The molecule has 8 heteroatoms. The highest BCUT2D eigenvalue weighted by atomic mass is 35.5. The van der Waals surface area contributed by atoms with Gasteiger partial charge in [-0.2, -0.15) is 5.10 Å². The molecule has 2 rings (SSSR count). The van der Waals surface area contributed by atoms with Crippen molar-refractivity contribution in [1.29, 1.82) is 0 Å². The number of carboxylic acid groups (broad SMARTS) is 1. The number of nitrogens with one attached hydrogen (secondary N) is 1. The van der Waals surface area contributed by atoms with Crippen LogP contribution in [0.4, 0.5) is 0 Å². The number of aromatic nitrogens is 2. The van der Waals surface area contributed by atoms with E-state index in [0.717, 1.165) is 0 Å². The van der Waals surface area contributed by atoms with E-state index in [1.807, 2.05) is 0 Å². The van der Waals surface area contributed by atoms with E-state index in [2.05, 4.69) is 10.4 Å². The molecule has 23 heavy (non-hydrogen) atoms. The Bertz CT molecular complexity index is 729. The number of hydrogen-bond donors (Lipinski definition) is 2. The van der Waals surface area contributed by atoms with Gasteiger partial charge in [0.2, 0.25) is 5.91 Å². The molecule has 0 aliphatic rings. The number of halogens is 1. The number of hydrogen-bond acceptors (Lipinski definition) is 4. The van der Waals surface area contributed by atoms with Gasteiger partial charge in [0.15, 0.2) is 6.04 Å². The van der Waals surface area contributed by atoms with E-state index in [9.17, 15) is 14.7 Å². The van der Waals surface area contributed by atoms with E-state index >= 15 is 0 Å². The third-order valence-electron chi connectivity index (χ3n) is 3.18. The van der Waals surface area contributed by atoms with Gasteiger partial charge in [0.1, 0.15) is 5.75 Å². The quantitative estimate of drug-likeness (QED) is 0.834. The standard InChI is InChI=1S/C15H16ClN3O4/c1-19-8-9(7-17-19)5-13(20)18-14(15(21)22)10-3-4-12(23-2)11(16)6-10/h3-4,6-8,14H,5H2,1-2H3,(H,18,20)(H,21,22). The van der Waals surface area contributed by atoms with Crippen LogP contribution in [0.25, 0.3) is 0 Å². The van der Waals surface area contributed by atoms with Gasteiger partial charge in [-0.25, -0.2) is 4.79 Å². The zero-order chi connectivity index (χ0) is 17.0. The lowest BCUT2D eigenvalue weighted by atomic mass is 10.1. The first-order valence-corrected chi connectivity index (χ1v) is 7.11. The summed E-state index contributed by atoms with van der Waals surface area (Å²) in [7, 11) is 3.20. The molecule has 122 valence electrons. The van der Waals surface area contributed by atoms with Crippen molar-refractivity contribution < 1.29 is 19.4 Å². The second-order valence-corrected chi connectivity index (χ2v) is 5.34. The van der Waals surface area contributed by atoms with Crippen LogP contribution in [-0.4, -0.2) is 33.9 Å². The Kier molecular flexibility index (Phi) is 5.23. The number of rotatable bonds is 6. The first-order valence-electron chi connectivity index (χ1n) is 6.74. The van der Waals surface area contributed by atoms with Gasteiger partial charge >= 0.3 is 5.97 Å². The molecule has 1 amide bonds. The third kappa shape index (κ3) is 4.23. The smallest absolute Gasteiger partial charge is 0.330 e. The van der Waals surface area contributed by atoms with Gasteiger partial charge in [0.25, 0.3) is 0 Å². The third-order valence-corrected chi connectivity index (χ3v) is 3.48. The van der Waals surface area contributed by atoms with Crippen molar-refractivity contribution in [3.05, 3.63) is 46.7 Å². The summed E-state index contributed by atoms with van der Waals surface area (Å²) >= 11 is 6.01. The van der Waals surface area contributed by atoms with E-state index in [-0.39, 0.29) is 11.4 Å². The fraction of sp³-hybridized carbons (Fsp3) is 0.267. The fourth-order valence-electron chi connectivity index (χ4n) is 2.11. The summed E-state index contributed by atoms with van der Waals surface area (Å²) in [5.74, 6) is -1.16.